The maximum Gasteiger partial charge on any atom is 0.408 e. The molecular formula is C14H20N2O4. The number of carbonyl (C=O) groups excluding carboxylic acids is 1. The molecule has 0 saturated heterocycles. The molecule has 0 fully saturated rings. The van der Waals surface area contributed by atoms with E-state index < -0.39 is 23.2 Å². The Balaban J connectivity index is 2.96. The van der Waals surface area contributed by atoms with Crippen LogP contribution in [-0.2, 0) is 15.1 Å². The molecule has 0 bridgehead atoms. The lowest BCUT2D eigenvalue weighted by molar-refractivity contribution is -0.138. The monoisotopic (exact) mass is 280 g/mol. The Hall–Kier alpha value is -2.11. The highest BCUT2D eigenvalue weighted by Crippen LogP contribution is 2.25. The van der Waals surface area contributed by atoms with E-state index in [1.54, 1.807) is 52.2 Å². The maximum absolute atomic E-state index is 11.9. The lowest BCUT2D eigenvalue weighted by atomic mass is 9.89. The van der Waals surface area contributed by atoms with Gasteiger partial charge in [0.25, 0.3) is 0 Å². The van der Waals surface area contributed by atoms with Crippen molar-refractivity contribution in [1.82, 2.24) is 10.3 Å². The lowest BCUT2D eigenvalue weighted by Crippen LogP contribution is -2.47. The van der Waals surface area contributed by atoms with Gasteiger partial charge in [0.1, 0.15) is 5.60 Å². The van der Waals surface area contributed by atoms with Crippen molar-refractivity contribution in [1.29, 1.82) is 0 Å². The third-order valence-corrected chi connectivity index (χ3v) is 2.60. The fraction of sp³-hybridized carbons (Fsp3) is 0.500. The summed E-state index contributed by atoms with van der Waals surface area (Å²) in [6, 6.07) is 3.33. The van der Waals surface area contributed by atoms with Crippen LogP contribution >= 0.6 is 0 Å². The molecule has 1 amide bonds. The third kappa shape index (κ3) is 4.87. The number of aliphatic carboxylic acids is 1. The first-order chi connectivity index (χ1) is 9.12. The Bertz CT molecular complexity index is 482. The molecule has 1 aromatic rings. The van der Waals surface area contributed by atoms with Crippen LogP contribution < -0.4 is 5.32 Å². The summed E-state index contributed by atoms with van der Waals surface area (Å²) in [5.41, 5.74) is -1.05. The largest absolute Gasteiger partial charge is 0.481 e. The average Bonchev–Trinajstić information content (AvgIpc) is 2.26. The van der Waals surface area contributed by atoms with Crippen LogP contribution in [0.15, 0.2) is 24.5 Å². The summed E-state index contributed by atoms with van der Waals surface area (Å²) in [7, 11) is 0. The average molecular weight is 280 g/mol. The second kappa shape index (κ2) is 5.90. The van der Waals surface area contributed by atoms with Gasteiger partial charge in [-0.05, 0) is 45.4 Å². The van der Waals surface area contributed by atoms with Crippen molar-refractivity contribution in [2.75, 3.05) is 0 Å². The minimum Gasteiger partial charge on any atom is -0.481 e. The maximum atomic E-state index is 11.9. The SMILES string of the molecule is CC(C)(C)OC(=O)NC(C)(CC(=O)O)c1ccncc1. The van der Waals surface area contributed by atoms with E-state index in [-0.39, 0.29) is 6.42 Å². The summed E-state index contributed by atoms with van der Waals surface area (Å²) < 4.78 is 5.18. The highest BCUT2D eigenvalue weighted by atomic mass is 16.6. The van der Waals surface area contributed by atoms with E-state index in [2.05, 4.69) is 10.3 Å². The van der Waals surface area contributed by atoms with Gasteiger partial charge in [0.2, 0.25) is 0 Å². The van der Waals surface area contributed by atoms with E-state index in [0.717, 1.165) is 0 Å². The van der Waals surface area contributed by atoms with Crippen LogP contribution in [0.4, 0.5) is 4.79 Å². The number of carbonyl (C=O) groups is 2. The van der Waals surface area contributed by atoms with Gasteiger partial charge in [-0.3, -0.25) is 9.78 Å². The van der Waals surface area contributed by atoms with E-state index >= 15 is 0 Å². The number of hydrogen-bond acceptors (Lipinski definition) is 4. The van der Waals surface area contributed by atoms with Gasteiger partial charge in [0.15, 0.2) is 0 Å². The second-order valence-electron chi connectivity index (χ2n) is 5.77. The topological polar surface area (TPSA) is 88.5 Å². The molecule has 6 heteroatoms. The Labute approximate surface area is 118 Å². The van der Waals surface area contributed by atoms with Gasteiger partial charge in [-0.15, -0.1) is 0 Å². The Morgan fingerprint density at radius 1 is 1.25 bits per heavy atom. The predicted molar refractivity (Wildman–Crippen MR) is 73.2 cm³/mol. The van der Waals surface area contributed by atoms with E-state index in [0.29, 0.717) is 5.56 Å². The van der Waals surface area contributed by atoms with Gasteiger partial charge in [0.05, 0.1) is 12.0 Å². The summed E-state index contributed by atoms with van der Waals surface area (Å²) >= 11 is 0. The summed E-state index contributed by atoms with van der Waals surface area (Å²) in [4.78, 5) is 26.8. The molecule has 0 aliphatic carbocycles. The molecule has 0 aliphatic heterocycles. The molecule has 0 aromatic carbocycles. The molecule has 1 unspecified atom stereocenters. The number of alkyl carbamates (subject to hydrolysis) is 1. The second-order valence-corrected chi connectivity index (χ2v) is 5.77. The fourth-order valence-electron chi connectivity index (χ4n) is 1.77. The molecule has 110 valence electrons. The molecule has 0 aliphatic rings. The van der Waals surface area contributed by atoms with Crippen LogP contribution in [0.25, 0.3) is 0 Å². The Morgan fingerprint density at radius 2 is 1.80 bits per heavy atom. The molecule has 0 spiro atoms. The number of amides is 1. The lowest BCUT2D eigenvalue weighted by Gasteiger charge is -2.31. The van der Waals surface area contributed by atoms with Gasteiger partial charge >= 0.3 is 12.1 Å². The smallest absolute Gasteiger partial charge is 0.408 e. The van der Waals surface area contributed by atoms with Crippen LogP contribution in [0.1, 0.15) is 39.7 Å². The summed E-state index contributed by atoms with van der Waals surface area (Å²) in [6.07, 6.45) is 2.19. The molecule has 1 heterocycles. The quantitative estimate of drug-likeness (QED) is 0.883. The highest BCUT2D eigenvalue weighted by Gasteiger charge is 2.33. The third-order valence-electron chi connectivity index (χ3n) is 2.60. The number of carboxylic acids is 1. The van der Waals surface area contributed by atoms with E-state index in [1.165, 1.54) is 0 Å². The van der Waals surface area contributed by atoms with Crippen molar-refractivity contribution >= 4 is 12.1 Å². The molecule has 1 rings (SSSR count). The van der Waals surface area contributed by atoms with E-state index in [1.807, 2.05) is 0 Å². The van der Waals surface area contributed by atoms with E-state index in [9.17, 15) is 9.59 Å². The molecule has 0 radical (unpaired) electrons. The zero-order chi connectivity index (χ0) is 15.4. The molecular weight excluding hydrogens is 260 g/mol. The number of ether oxygens (including phenoxy) is 1. The first-order valence-electron chi connectivity index (χ1n) is 6.26. The van der Waals surface area contributed by atoms with Crippen molar-refractivity contribution in [2.45, 2.75) is 45.3 Å². The summed E-state index contributed by atoms with van der Waals surface area (Å²) in [6.45, 7) is 6.87. The minimum absolute atomic E-state index is 0.254. The number of rotatable bonds is 4. The minimum atomic E-state index is -1.06. The number of carboxylic acid groups (broad SMARTS) is 1. The van der Waals surface area contributed by atoms with Crippen molar-refractivity contribution in [3.63, 3.8) is 0 Å². The van der Waals surface area contributed by atoms with E-state index in [4.69, 9.17) is 9.84 Å². The Morgan fingerprint density at radius 3 is 2.25 bits per heavy atom. The number of aromatic nitrogens is 1. The molecule has 20 heavy (non-hydrogen) atoms. The van der Waals surface area contributed by atoms with Crippen molar-refractivity contribution < 1.29 is 19.4 Å². The Kier molecular flexibility index (Phi) is 4.70. The van der Waals surface area contributed by atoms with Crippen LogP contribution in [0.2, 0.25) is 0 Å². The van der Waals surface area contributed by atoms with Gasteiger partial charge < -0.3 is 15.2 Å². The molecule has 2 N–H and O–H groups in total. The van der Waals surface area contributed by atoms with Crippen LogP contribution in [-0.4, -0.2) is 27.8 Å². The molecule has 6 nitrogen and oxygen atoms in total. The van der Waals surface area contributed by atoms with Gasteiger partial charge in [0, 0.05) is 12.4 Å². The predicted octanol–water partition coefficient (Wildman–Crippen LogP) is 2.30. The number of nitrogens with one attached hydrogen (secondary N) is 1. The van der Waals surface area contributed by atoms with Crippen molar-refractivity contribution in [2.24, 2.45) is 0 Å². The zero-order valence-corrected chi connectivity index (χ0v) is 12.1. The zero-order valence-electron chi connectivity index (χ0n) is 12.1. The van der Waals surface area contributed by atoms with Crippen LogP contribution in [0.5, 0.6) is 0 Å². The van der Waals surface area contributed by atoms with Gasteiger partial charge in [-0.1, -0.05) is 0 Å². The molecule has 1 atom stereocenters. The summed E-state index contributed by atoms with van der Waals surface area (Å²) in [5, 5.41) is 11.7. The van der Waals surface area contributed by atoms with Crippen molar-refractivity contribution in [3.8, 4) is 0 Å². The van der Waals surface area contributed by atoms with Crippen LogP contribution in [0, 0.1) is 0 Å². The highest BCUT2D eigenvalue weighted by molar-refractivity contribution is 5.73. The first-order valence-corrected chi connectivity index (χ1v) is 6.26. The first kappa shape index (κ1) is 15.9. The number of nitrogens with zero attached hydrogens (tertiary/aromatic N) is 1. The number of pyridine rings is 1. The standard InChI is InChI=1S/C14H20N2O4/c1-13(2,3)20-12(19)16-14(4,9-11(17)18)10-5-7-15-8-6-10/h5-8H,9H2,1-4H3,(H,16,19)(H,17,18). The normalized spacial score (nSPS) is 14.2. The van der Waals surface area contributed by atoms with Crippen LogP contribution in [0.3, 0.4) is 0 Å². The summed E-state index contributed by atoms with van der Waals surface area (Å²) in [5.74, 6) is -1.01. The number of hydrogen-bond donors (Lipinski definition) is 2. The molecule has 1 aromatic heterocycles. The molecule has 0 saturated carbocycles. The van der Waals surface area contributed by atoms with Gasteiger partial charge in [-0.25, -0.2) is 4.79 Å². The van der Waals surface area contributed by atoms with Gasteiger partial charge in [-0.2, -0.15) is 0 Å². The van der Waals surface area contributed by atoms with Crippen molar-refractivity contribution in [3.05, 3.63) is 30.1 Å². The fourth-order valence-corrected chi connectivity index (χ4v) is 1.77.